The van der Waals surface area contributed by atoms with E-state index in [1.54, 1.807) is 14.2 Å². The van der Waals surface area contributed by atoms with E-state index in [2.05, 4.69) is 72.0 Å². The van der Waals surface area contributed by atoms with Gasteiger partial charge in [0.2, 0.25) is 0 Å². The van der Waals surface area contributed by atoms with E-state index in [0.717, 1.165) is 31.7 Å². The zero-order valence-corrected chi connectivity index (χ0v) is 17.8. The number of ether oxygens (including phenoxy) is 2. The van der Waals surface area contributed by atoms with Gasteiger partial charge in [0, 0.05) is 7.11 Å². The Balaban J connectivity index is 1.38. The Hall–Kier alpha value is -2.88. The highest BCUT2D eigenvalue weighted by Gasteiger charge is 2.05. The predicted molar refractivity (Wildman–Crippen MR) is 125 cm³/mol. The first-order chi connectivity index (χ1) is 14.8. The number of hydrogen-bond acceptors (Lipinski definition) is 3. The van der Waals surface area contributed by atoms with Gasteiger partial charge in [-0.05, 0) is 82.4 Å². The highest BCUT2D eigenvalue weighted by atomic mass is 16.5. The molecule has 154 valence electrons. The molecule has 0 spiro atoms. The number of rotatable bonds is 9. The van der Waals surface area contributed by atoms with Crippen molar-refractivity contribution in [2.24, 2.45) is 0 Å². The van der Waals surface area contributed by atoms with Gasteiger partial charge in [-0.2, -0.15) is 0 Å². The number of methoxy groups -OCH3 is 2. The van der Waals surface area contributed by atoms with Crippen LogP contribution in [0.3, 0.4) is 0 Å². The summed E-state index contributed by atoms with van der Waals surface area (Å²) in [7, 11) is 3.46. The summed E-state index contributed by atoms with van der Waals surface area (Å²) < 4.78 is 10.7. The number of hydrogen-bond donors (Lipinski definition) is 1. The molecule has 0 aliphatic heterocycles. The summed E-state index contributed by atoms with van der Waals surface area (Å²) in [5.74, 6) is 0.909. The Morgan fingerprint density at radius 2 is 1.33 bits per heavy atom. The van der Waals surface area contributed by atoms with Gasteiger partial charge in [0.25, 0.3) is 0 Å². The molecule has 0 aliphatic rings. The van der Waals surface area contributed by atoms with Crippen molar-refractivity contribution in [1.29, 1.82) is 0 Å². The molecule has 4 aromatic rings. The van der Waals surface area contributed by atoms with Gasteiger partial charge in [-0.15, -0.1) is 0 Å². The first kappa shape index (κ1) is 20.4. The lowest BCUT2D eigenvalue weighted by molar-refractivity contribution is 0.185. The van der Waals surface area contributed by atoms with Crippen LogP contribution in [0.5, 0.6) is 5.75 Å². The molecule has 0 bridgehead atoms. The molecule has 0 atom stereocenters. The second-order valence-electron chi connectivity index (χ2n) is 7.66. The van der Waals surface area contributed by atoms with Crippen molar-refractivity contribution in [1.82, 2.24) is 5.32 Å². The van der Waals surface area contributed by atoms with Crippen LogP contribution in [0, 0.1) is 0 Å². The van der Waals surface area contributed by atoms with E-state index < -0.39 is 0 Å². The highest BCUT2D eigenvalue weighted by molar-refractivity contribution is 5.87. The molecule has 4 rings (SSSR count). The molecule has 0 radical (unpaired) electrons. The maximum Gasteiger partial charge on any atom is 0.119 e. The van der Waals surface area contributed by atoms with Crippen LogP contribution in [-0.2, 0) is 24.2 Å². The molecular weight excluding hydrogens is 370 g/mol. The van der Waals surface area contributed by atoms with Gasteiger partial charge >= 0.3 is 0 Å². The SMILES string of the molecule is COCc1ccc2cccc(CCNCCc3cccc4ccc(OC)cc34)c2c1. The van der Waals surface area contributed by atoms with Crippen molar-refractivity contribution in [3.63, 3.8) is 0 Å². The van der Waals surface area contributed by atoms with Crippen LogP contribution >= 0.6 is 0 Å². The fourth-order valence-electron chi connectivity index (χ4n) is 4.09. The quantitative estimate of drug-likeness (QED) is 0.376. The molecule has 0 heterocycles. The summed E-state index contributed by atoms with van der Waals surface area (Å²) in [6, 6.07) is 26.0. The van der Waals surface area contributed by atoms with Gasteiger partial charge < -0.3 is 14.8 Å². The minimum Gasteiger partial charge on any atom is -0.497 e. The van der Waals surface area contributed by atoms with Crippen LogP contribution in [0.15, 0.2) is 72.8 Å². The molecule has 0 saturated heterocycles. The molecule has 1 N–H and O–H groups in total. The molecule has 3 nitrogen and oxygen atoms in total. The third-order valence-corrected chi connectivity index (χ3v) is 5.67. The number of nitrogens with one attached hydrogen (secondary N) is 1. The van der Waals surface area contributed by atoms with E-state index in [0.29, 0.717) is 6.61 Å². The summed E-state index contributed by atoms with van der Waals surface area (Å²) in [6.45, 7) is 2.57. The van der Waals surface area contributed by atoms with E-state index >= 15 is 0 Å². The van der Waals surface area contributed by atoms with Gasteiger partial charge in [0.1, 0.15) is 5.75 Å². The average Bonchev–Trinajstić information content (AvgIpc) is 2.79. The zero-order chi connectivity index (χ0) is 20.8. The molecule has 0 aliphatic carbocycles. The Morgan fingerprint density at radius 3 is 1.97 bits per heavy atom. The lowest BCUT2D eigenvalue weighted by Crippen LogP contribution is -2.20. The Kier molecular flexibility index (Phi) is 6.63. The van der Waals surface area contributed by atoms with E-state index in [-0.39, 0.29) is 0 Å². The second kappa shape index (κ2) is 9.75. The van der Waals surface area contributed by atoms with Gasteiger partial charge in [0.05, 0.1) is 13.7 Å². The fourth-order valence-corrected chi connectivity index (χ4v) is 4.09. The molecule has 0 amide bonds. The van der Waals surface area contributed by atoms with Crippen LogP contribution in [0.4, 0.5) is 0 Å². The largest absolute Gasteiger partial charge is 0.497 e. The van der Waals surface area contributed by atoms with E-state index in [4.69, 9.17) is 9.47 Å². The maximum atomic E-state index is 5.40. The van der Waals surface area contributed by atoms with Crippen LogP contribution in [0.1, 0.15) is 16.7 Å². The molecule has 0 unspecified atom stereocenters. The van der Waals surface area contributed by atoms with Crippen LogP contribution in [0.2, 0.25) is 0 Å². The van der Waals surface area contributed by atoms with Gasteiger partial charge in [-0.3, -0.25) is 0 Å². The Labute approximate surface area is 178 Å². The molecule has 0 fully saturated rings. The third-order valence-electron chi connectivity index (χ3n) is 5.67. The monoisotopic (exact) mass is 399 g/mol. The number of fused-ring (bicyclic) bond motifs is 2. The van der Waals surface area contributed by atoms with Crippen molar-refractivity contribution < 1.29 is 9.47 Å². The van der Waals surface area contributed by atoms with Crippen LogP contribution in [0.25, 0.3) is 21.5 Å². The Bertz CT molecular complexity index is 1140. The van der Waals surface area contributed by atoms with Gasteiger partial charge in [-0.1, -0.05) is 54.6 Å². The standard InChI is InChI=1S/C27H29NO2/c1-29-19-20-9-10-21-5-3-7-23(26(21)17-20)13-15-28-16-14-24-8-4-6-22-11-12-25(30-2)18-27(22)24/h3-12,17-18,28H,13-16,19H2,1-2H3. The summed E-state index contributed by atoms with van der Waals surface area (Å²) in [6.07, 6.45) is 2.01. The summed E-state index contributed by atoms with van der Waals surface area (Å²) >= 11 is 0. The summed E-state index contributed by atoms with van der Waals surface area (Å²) in [4.78, 5) is 0. The third kappa shape index (κ3) is 4.64. The summed E-state index contributed by atoms with van der Waals surface area (Å²) in [5, 5.41) is 8.78. The van der Waals surface area contributed by atoms with Crippen LogP contribution < -0.4 is 10.1 Å². The molecular formula is C27H29NO2. The van der Waals surface area contributed by atoms with Gasteiger partial charge in [-0.25, -0.2) is 0 Å². The average molecular weight is 400 g/mol. The topological polar surface area (TPSA) is 30.5 Å². The van der Waals surface area contributed by atoms with E-state index in [1.807, 2.05) is 6.07 Å². The molecule has 3 heteroatoms. The molecule has 30 heavy (non-hydrogen) atoms. The molecule has 0 aromatic heterocycles. The molecule has 0 saturated carbocycles. The van der Waals surface area contributed by atoms with Crippen molar-refractivity contribution in [3.8, 4) is 5.75 Å². The first-order valence-electron chi connectivity index (χ1n) is 10.5. The van der Waals surface area contributed by atoms with Crippen molar-refractivity contribution in [2.45, 2.75) is 19.4 Å². The summed E-state index contributed by atoms with van der Waals surface area (Å²) in [5.41, 5.74) is 3.96. The molecule has 4 aromatic carbocycles. The minimum atomic E-state index is 0.651. The zero-order valence-electron chi connectivity index (χ0n) is 17.8. The lowest BCUT2D eigenvalue weighted by atomic mass is 10.00. The second-order valence-corrected chi connectivity index (χ2v) is 7.66. The maximum absolute atomic E-state index is 5.40. The first-order valence-corrected chi connectivity index (χ1v) is 10.5. The highest BCUT2D eigenvalue weighted by Crippen LogP contribution is 2.24. The normalized spacial score (nSPS) is 11.3. The van der Waals surface area contributed by atoms with Crippen molar-refractivity contribution >= 4 is 21.5 Å². The Morgan fingerprint density at radius 1 is 0.700 bits per heavy atom. The van der Waals surface area contributed by atoms with E-state index in [1.165, 1.54) is 38.2 Å². The fraction of sp³-hybridized carbons (Fsp3) is 0.259. The van der Waals surface area contributed by atoms with Crippen LogP contribution in [-0.4, -0.2) is 27.3 Å². The minimum absolute atomic E-state index is 0.651. The number of benzene rings is 4. The van der Waals surface area contributed by atoms with E-state index in [9.17, 15) is 0 Å². The smallest absolute Gasteiger partial charge is 0.119 e. The van der Waals surface area contributed by atoms with Crippen molar-refractivity contribution in [2.75, 3.05) is 27.3 Å². The van der Waals surface area contributed by atoms with Crippen molar-refractivity contribution in [3.05, 3.63) is 89.5 Å². The predicted octanol–water partition coefficient (Wildman–Crippen LogP) is 5.52. The lowest BCUT2D eigenvalue weighted by Gasteiger charge is -2.11. The van der Waals surface area contributed by atoms with Gasteiger partial charge in [0.15, 0.2) is 0 Å².